The Bertz CT molecular complexity index is 387. The van der Waals surface area contributed by atoms with Crippen LogP contribution in [0.3, 0.4) is 0 Å². The van der Waals surface area contributed by atoms with Crippen molar-refractivity contribution in [1.29, 1.82) is 5.26 Å². The second kappa shape index (κ2) is 11.8. The SMILES string of the molecule is COC[C@H]1OCC([Se]C)[C@H]1OP(OCCC#N)N(C(C)C)C(C)C. The Morgan fingerprint density at radius 2 is 2.00 bits per heavy atom. The molecule has 0 bridgehead atoms. The van der Waals surface area contributed by atoms with Crippen LogP contribution < -0.4 is 0 Å². The standard InChI is InChI=1S/C16H31N2O4PSe/c1-12(2)18(13(3)4)23(21-9-7-8-17)22-16-14(10-19-5)20-11-15(16)24-6/h12-16H,7,9-11H2,1-6H3/t14-,15?,16+,23?/m1/s1. The molecule has 0 spiro atoms. The molecule has 1 aliphatic rings. The van der Waals surface area contributed by atoms with Gasteiger partial charge in [-0.15, -0.1) is 0 Å². The molecule has 0 radical (unpaired) electrons. The van der Waals surface area contributed by atoms with E-state index in [1.54, 1.807) is 7.11 Å². The molecule has 140 valence electrons. The van der Waals surface area contributed by atoms with Crippen molar-refractivity contribution >= 4 is 23.5 Å². The van der Waals surface area contributed by atoms with E-state index in [9.17, 15) is 0 Å². The van der Waals surface area contributed by atoms with Gasteiger partial charge in [-0.05, 0) is 0 Å². The maximum atomic E-state index is 8.80. The maximum absolute atomic E-state index is 8.80. The van der Waals surface area contributed by atoms with E-state index in [1.165, 1.54) is 0 Å². The molecular formula is C16H31N2O4PSe. The number of hydrogen-bond acceptors (Lipinski definition) is 6. The van der Waals surface area contributed by atoms with Crippen LogP contribution >= 0.6 is 8.53 Å². The van der Waals surface area contributed by atoms with Gasteiger partial charge in [0.25, 0.3) is 0 Å². The Balaban J connectivity index is 2.89. The van der Waals surface area contributed by atoms with Crippen LogP contribution in [0.5, 0.6) is 0 Å². The van der Waals surface area contributed by atoms with E-state index >= 15 is 0 Å². The zero-order valence-electron chi connectivity index (χ0n) is 15.6. The molecule has 1 aliphatic heterocycles. The first-order valence-electron chi connectivity index (χ1n) is 8.34. The van der Waals surface area contributed by atoms with Gasteiger partial charge in [-0.3, -0.25) is 0 Å². The Kier molecular flexibility index (Phi) is 10.9. The second-order valence-corrected chi connectivity index (χ2v) is 9.88. The van der Waals surface area contributed by atoms with Crippen LogP contribution in [0, 0.1) is 11.3 Å². The molecule has 0 aromatic carbocycles. The second-order valence-electron chi connectivity index (χ2n) is 6.22. The third kappa shape index (κ3) is 6.52. The molecule has 24 heavy (non-hydrogen) atoms. The molecule has 0 aliphatic carbocycles. The summed E-state index contributed by atoms with van der Waals surface area (Å²) in [6.07, 6.45) is 0.312. The first-order chi connectivity index (χ1) is 11.5. The van der Waals surface area contributed by atoms with Crippen LogP contribution in [0.2, 0.25) is 10.6 Å². The van der Waals surface area contributed by atoms with Gasteiger partial charge in [-0.1, -0.05) is 0 Å². The van der Waals surface area contributed by atoms with Gasteiger partial charge >= 0.3 is 154 Å². The Morgan fingerprint density at radius 3 is 2.50 bits per heavy atom. The third-order valence-corrected chi connectivity index (χ3v) is 7.96. The van der Waals surface area contributed by atoms with Gasteiger partial charge in [0, 0.05) is 0 Å². The fraction of sp³-hybridized carbons (Fsp3) is 0.938. The molecule has 0 aromatic rings. The van der Waals surface area contributed by atoms with E-state index in [0.717, 1.165) is 6.61 Å². The summed E-state index contributed by atoms with van der Waals surface area (Å²) in [5.41, 5.74) is 0. The summed E-state index contributed by atoms with van der Waals surface area (Å²) >= 11 is 0.432. The van der Waals surface area contributed by atoms with Gasteiger partial charge in [0.1, 0.15) is 0 Å². The van der Waals surface area contributed by atoms with Gasteiger partial charge in [-0.2, -0.15) is 0 Å². The molecule has 8 heteroatoms. The summed E-state index contributed by atoms with van der Waals surface area (Å²) < 4.78 is 25.9. The molecule has 6 nitrogen and oxygen atoms in total. The van der Waals surface area contributed by atoms with Gasteiger partial charge < -0.3 is 0 Å². The molecule has 4 atom stereocenters. The predicted octanol–water partition coefficient (Wildman–Crippen LogP) is 3.23. The Labute approximate surface area is 154 Å². The third-order valence-electron chi connectivity index (χ3n) is 3.72. The minimum absolute atomic E-state index is 0.0110. The van der Waals surface area contributed by atoms with Crippen molar-refractivity contribution < 1.29 is 18.5 Å². The van der Waals surface area contributed by atoms with E-state index < -0.39 is 8.53 Å². The Hall–Kier alpha value is 0.239. The average Bonchev–Trinajstić information content (AvgIpc) is 2.89. The summed E-state index contributed by atoms with van der Waals surface area (Å²) in [5.74, 6) is 2.22. The molecule has 1 fully saturated rings. The van der Waals surface area contributed by atoms with E-state index in [2.05, 4.69) is 44.3 Å². The first kappa shape index (κ1) is 22.3. The van der Waals surface area contributed by atoms with E-state index in [1.807, 2.05) is 0 Å². The topological polar surface area (TPSA) is 64.0 Å². The van der Waals surface area contributed by atoms with Crippen LogP contribution in [-0.2, 0) is 18.5 Å². The molecule has 2 unspecified atom stereocenters. The zero-order chi connectivity index (χ0) is 18.1. The van der Waals surface area contributed by atoms with Gasteiger partial charge in [0.2, 0.25) is 0 Å². The van der Waals surface area contributed by atoms with Crippen molar-refractivity contribution in [3.8, 4) is 6.07 Å². The van der Waals surface area contributed by atoms with Crippen molar-refractivity contribution in [2.24, 2.45) is 0 Å². The summed E-state index contributed by atoms with van der Waals surface area (Å²) in [6, 6.07) is 2.73. The first-order valence-corrected chi connectivity index (χ1v) is 12.2. The van der Waals surface area contributed by atoms with Crippen molar-refractivity contribution in [3.63, 3.8) is 0 Å². The number of rotatable bonds is 11. The Morgan fingerprint density at radius 1 is 1.33 bits per heavy atom. The average molecular weight is 425 g/mol. The van der Waals surface area contributed by atoms with Crippen LogP contribution in [0.25, 0.3) is 0 Å². The number of hydrogen-bond donors (Lipinski definition) is 0. The molecule has 0 amide bonds. The zero-order valence-corrected chi connectivity index (χ0v) is 18.2. The van der Waals surface area contributed by atoms with Crippen LogP contribution in [0.4, 0.5) is 0 Å². The summed E-state index contributed by atoms with van der Waals surface area (Å²) in [7, 11) is 0.447. The molecule has 0 N–H and O–H groups in total. The van der Waals surface area contributed by atoms with E-state index in [-0.39, 0.29) is 12.2 Å². The quantitative estimate of drug-likeness (QED) is 0.288. The van der Waals surface area contributed by atoms with Crippen LogP contribution in [0.1, 0.15) is 34.1 Å². The van der Waals surface area contributed by atoms with Crippen molar-refractivity contribution in [3.05, 3.63) is 0 Å². The molecule has 1 rings (SSSR count). The molecule has 0 aromatic heterocycles. The molecule has 1 heterocycles. The van der Waals surface area contributed by atoms with Gasteiger partial charge in [0.15, 0.2) is 0 Å². The fourth-order valence-electron chi connectivity index (χ4n) is 2.69. The van der Waals surface area contributed by atoms with Crippen LogP contribution in [0.15, 0.2) is 0 Å². The summed E-state index contributed by atoms with van der Waals surface area (Å²) in [6.45, 7) is 10.2. The van der Waals surface area contributed by atoms with Gasteiger partial charge in [0.05, 0.1) is 0 Å². The van der Waals surface area contributed by atoms with Crippen LogP contribution in [-0.4, -0.2) is 70.8 Å². The van der Waals surface area contributed by atoms with E-state index in [4.69, 9.17) is 23.8 Å². The van der Waals surface area contributed by atoms with Crippen molar-refractivity contribution in [1.82, 2.24) is 4.67 Å². The number of methoxy groups -OCH3 is 1. The van der Waals surface area contributed by atoms with Crippen molar-refractivity contribution in [2.45, 2.75) is 69.0 Å². The van der Waals surface area contributed by atoms with Crippen molar-refractivity contribution in [2.75, 3.05) is 26.9 Å². The molecule has 0 saturated carbocycles. The summed E-state index contributed by atoms with van der Waals surface area (Å²) in [5, 5.41) is 8.80. The normalized spacial score (nSPS) is 25.6. The molecular weight excluding hydrogens is 394 g/mol. The predicted molar refractivity (Wildman–Crippen MR) is 97.1 cm³/mol. The number of ether oxygens (including phenoxy) is 2. The monoisotopic (exact) mass is 426 g/mol. The van der Waals surface area contributed by atoms with Gasteiger partial charge in [-0.25, -0.2) is 0 Å². The fourth-order valence-corrected chi connectivity index (χ4v) is 6.17. The number of nitriles is 1. The summed E-state index contributed by atoms with van der Waals surface area (Å²) in [4.78, 5) is 0.406. The minimum atomic E-state index is -1.24. The number of nitrogens with zero attached hydrogens (tertiary/aromatic N) is 2. The molecule has 1 saturated heterocycles. The van der Waals surface area contributed by atoms with E-state index in [0.29, 0.717) is 51.5 Å².